The van der Waals surface area contributed by atoms with Crippen LogP contribution in [0.1, 0.15) is 11.1 Å². The Bertz CT molecular complexity index is 835. The summed E-state index contributed by atoms with van der Waals surface area (Å²) in [5, 5.41) is 1.47. The second-order valence-electron chi connectivity index (χ2n) is 5.28. The van der Waals surface area contributed by atoms with Gasteiger partial charge in [-0.1, -0.05) is 24.3 Å². The molecule has 112 valence electrons. The topological polar surface area (TPSA) is 9.86 Å². The fourth-order valence-corrected chi connectivity index (χ4v) is 3.63. The minimum atomic E-state index is 0.659. The van der Waals surface area contributed by atoms with E-state index in [0.717, 1.165) is 21.4 Å². The number of aryl methyl sites for hydroxylation is 2. The maximum atomic E-state index is 5.68. The van der Waals surface area contributed by atoms with E-state index < -0.39 is 0 Å². The molecule has 0 atom stereocenters. The van der Waals surface area contributed by atoms with Gasteiger partial charge in [0.15, 0.2) is 4.77 Å². The molecule has 0 aliphatic heterocycles. The van der Waals surface area contributed by atoms with Crippen molar-refractivity contribution in [1.82, 2.24) is 9.13 Å². The van der Waals surface area contributed by atoms with E-state index in [1.165, 1.54) is 11.1 Å². The zero-order valence-corrected chi connectivity index (χ0v) is 14.9. The van der Waals surface area contributed by atoms with E-state index in [9.17, 15) is 0 Å². The first-order valence-electron chi connectivity index (χ1n) is 6.89. The monoisotopic (exact) mass is 344 g/mol. The summed E-state index contributed by atoms with van der Waals surface area (Å²) >= 11 is 14.9. The van der Waals surface area contributed by atoms with E-state index in [1.54, 1.807) is 0 Å². The molecule has 0 spiro atoms. The third kappa shape index (κ3) is 2.64. The third-order valence-electron chi connectivity index (χ3n) is 3.53. The molecule has 0 unspecified atom stereocenters. The molecule has 0 saturated heterocycles. The Labute approximate surface area is 146 Å². The van der Waals surface area contributed by atoms with E-state index >= 15 is 0 Å². The van der Waals surface area contributed by atoms with Crippen LogP contribution in [-0.4, -0.2) is 9.13 Å². The van der Waals surface area contributed by atoms with Gasteiger partial charge in [-0.25, -0.2) is 0 Å². The number of imidazole rings is 1. The highest BCUT2D eigenvalue weighted by Crippen LogP contribution is 2.29. The number of nitrogens with zero attached hydrogens (tertiary/aromatic N) is 2. The molecule has 2 nitrogen and oxygen atoms in total. The maximum Gasteiger partial charge on any atom is 0.190 e. The first-order valence-corrected chi connectivity index (χ1v) is 8.19. The van der Waals surface area contributed by atoms with Crippen molar-refractivity contribution in [3.63, 3.8) is 0 Å². The standard InChI is InChI=1S/C17H16N2S3/c1-11-5-3-7-13(9-11)18-15(20)16(21)19(17(18)22)14-8-4-6-12(2)10-14/h3-10,20-21H,1-2H3. The molecule has 0 N–H and O–H groups in total. The van der Waals surface area contributed by atoms with E-state index in [4.69, 9.17) is 12.2 Å². The van der Waals surface area contributed by atoms with Gasteiger partial charge in [0.2, 0.25) is 0 Å². The molecule has 0 bridgehead atoms. The number of benzene rings is 2. The zero-order chi connectivity index (χ0) is 15.9. The maximum absolute atomic E-state index is 5.68. The van der Waals surface area contributed by atoms with Crippen LogP contribution in [0.15, 0.2) is 58.6 Å². The van der Waals surface area contributed by atoms with Crippen molar-refractivity contribution in [3.05, 3.63) is 64.4 Å². The average molecular weight is 345 g/mol. The number of hydrogen-bond acceptors (Lipinski definition) is 3. The van der Waals surface area contributed by atoms with Crippen LogP contribution >= 0.6 is 37.5 Å². The summed E-state index contributed by atoms with van der Waals surface area (Å²) in [6.07, 6.45) is 0. The third-order valence-corrected chi connectivity index (χ3v) is 4.89. The molecule has 1 aromatic heterocycles. The van der Waals surface area contributed by atoms with E-state index in [-0.39, 0.29) is 0 Å². The quantitative estimate of drug-likeness (QED) is 0.481. The van der Waals surface area contributed by atoms with Gasteiger partial charge in [-0.05, 0) is 61.5 Å². The largest absolute Gasteiger partial charge is 0.279 e. The van der Waals surface area contributed by atoms with Crippen LogP contribution in [-0.2, 0) is 0 Å². The van der Waals surface area contributed by atoms with Gasteiger partial charge in [-0.3, -0.25) is 9.13 Å². The van der Waals surface area contributed by atoms with Crippen LogP contribution in [0.3, 0.4) is 0 Å². The molecule has 1 heterocycles. The van der Waals surface area contributed by atoms with Crippen molar-refractivity contribution < 1.29 is 0 Å². The molecule has 3 rings (SSSR count). The lowest BCUT2D eigenvalue weighted by Gasteiger charge is -2.07. The Morgan fingerprint density at radius 1 is 0.773 bits per heavy atom. The molecule has 0 amide bonds. The molecule has 0 aliphatic rings. The van der Waals surface area contributed by atoms with Gasteiger partial charge in [-0.2, -0.15) is 0 Å². The Hall–Kier alpha value is -1.43. The number of thiol groups is 2. The second-order valence-corrected chi connectivity index (χ2v) is 6.49. The van der Waals surface area contributed by atoms with Crippen LogP contribution in [0.5, 0.6) is 0 Å². The van der Waals surface area contributed by atoms with Crippen LogP contribution in [0, 0.1) is 18.6 Å². The Kier molecular flexibility index (Phi) is 4.21. The molecule has 3 aromatic rings. The van der Waals surface area contributed by atoms with Crippen molar-refractivity contribution in [1.29, 1.82) is 0 Å². The molecular formula is C17H16N2S3. The van der Waals surface area contributed by atoms with Crippen molar-refractivity contribution in [2.75, 3.05) is 0 Å². The predicted molar refractivity (Wildman–Crippen MR) is 99.9 cm³/mol. The fourth-order valence-electron chi connectivity index (χ4n) is 2.48. The van der Waals surface area contributed by atoms with E-state index in [1.807, 2.05) is 33.4 Å². The molecule has 0 saturated carbocycles. The van der Waals surface area contributed by atoms with Crippen molar-refractivity contribution in [3.8, 4) is 11.4 Å². The van der Waals surface area contributed by atoms with Crippen LogP contribution in [0.4, 0.5) is 0 Å². The van der Waals surface area contributed by atoms with Crippen molar-refractivity contribution in [2.45, 2.75) is 23.9 Å². The molecule has 2 aromatic carbocycles. The lowest BCUT2D eigenvalue weighted by molar-refractivity contribution is 0.911. The predicted octanol–water partition coefficient (Wildman–Crippen LogP) is 5.19. The van der Waals surface area contributed by atoms with Gasteiger partial charge in [0.1, 0.15) is 10.1 Å². The highest BCUT2D eigenvalue weighted by molar-refractivity contribution is 7.83. The smallest absolute Gasteiger partial charge is 0.190 e. The lowest BCUT2D eigenvalue weighted by Crippen LogP contribution is -1.99. The fraction of sp³-hybridized carbons (Fsp3) is 0.118. The van der Waals surface area contributed by atoms with Crippen LogP contribution in [0.25, 0.3) is 11.4 Å². The molecule has 0 aliphatic carbocycles. The van der Waals surface area contributed by atoms with Crippen LogP contribution in [0.2, 0.25) is 0 Å². The molecular weight excluding hydrogens is 328 g/mol. The average Bonchev–Trinajstić information content (AvgIpc) is 2.69. The molecule has 0 radical (unpaired) electrons. The summed E-state index contributed by atoms with van der Waals surface area (Å²) in [5.74, 6) is 0. The van der Waals surface area contributed by atoms with Crippen molar-refractivity contribution in [2.24, 2.45) is 0 Å². The minimum Gasteiger partial charge on any atom is -0.279 e. The zero-order valence-electron chi connectivity index (χ0n) is 12.3. The van der Waals surface area contributed by atoms with Gasteiger partial charge < -0.3 is 0 Å². The Morgan fingerprint density at radius 3 is 1.55 bits per heavy atom. The summed E-state index contributed by atoms with van der Waals surface area (Å²) < 4.78 is 4.54. The Morgan fingerprint density at radius 2 is 1.18 bits per heavy atom. The summed E-state index contributed by atoms with van der Waals surface area (Å²) in [6, 6.07) is 16.4. The van der Waals surface area contributed by atoms with Crippen LogP contribution < -0.4 is 0 Å². The summed E-state index contributed by atoms with van der Waals surface area (Å²) in [5.41, 5.74) is 4.35. The SMILES string of the molecule is Cc1cccc(-n2c(S)c(S)n(-c3cccc(C)c3)c2=S)c1. The number of hydrogen-bond donors (Lipinski definition) is 2. The molecule has 22 heavy (non-hydrogen) atoms. The molecule has 0 fully saturated rings. The lowest BCUT2D eigenvalue weighted by atomic mass is 10.2. The van der Waals surface area contributed by atoms with Gasteiger partial charge in [0, 0.05) is 11.4 Å². The minimum absolute atomic E-state index is 0.659. The highest BCUT2D eigenvalue weighted by atomic mass is 32.1. The van der Waals surface area contributed by atoms with E-state index in [2.05, 4.69) is 63.4 Å². The van der Waals surface area contributed by atoms with E-state index in [0.29, 0.717) is 4.77 Å². The first-order chi connectivity index (χ1) is 10.5. The summed E-state index contributed by atoms with van der Waals surface area (Å²) in [6.45, 7) is 4.12. The first kappa shape index (κ1) is 15.5. The van der Waals surface area contributed by atoms with Gasteiger partial charge in [-0.15, -0.1) is 25.3 Å². The van der Waals surface area contributed by atoms with Crippen molar-refractivity contribution >= 4 is 37.5 Å². The summed E-state index contributed by atoms with van der Waals surface area (Å²) in [4.78, 5) is 0. The number of aromatic nitrogens is 2. The molecule has 5 heteroatoms. The number of rotatable bonds is 2. The summed E-state index contributed by atoms with van der Waals surface area (Å²) in [7, 11) is 0. The van der Waals surface area contributed by atoms with Gasteiger partial charge >= 0.3 is 0 Å². The second kappa shape index (κ2) is 5.99. The van der Waals surface area contributed by atoms with Gasteiger partial charge in [0.25, 0.3) is 0 Å². The van der Waals surface area contributed by atoms with Gasteiger partial charge in [0.05, 0.1) is 0 Å². The normalized spacial score (nSPS) is 10.9. The Balaban J connectivity index is 2.28. The highest BCUT2D eigenvalue weighted by Gasteiger charge is 2.15.